The van der Waals surface area contributed by atoms with Crippen molar-refractivity contribution >= 4 is 23.2 Å². The number of hydrogen-bond donors (Lipinski definition) is 1. The Morgan fingerprint density at radius 3 is 2.89 bits per heavy atom. The van der Waals surface area contributed by atoms with Gasteiger partial charge in [0.1, 0.15) is 11.8 Å². The summed E-state index contributed by atoms with van der Waals surface area (Å²) in [5.74, 6) is -0.421. The van der Waals surface area contributed by atoms with Crippen LogP contribution in [0.3, 0.4) is 0 Å². The minimum Gasteiger partial charge on any atom is -0.322 e. The zero-order valence-electron chi connectivity index (χ0n) is 9.41. The summed E-state index contributed by atoms with van der Waals surface area (Å²) < 4.78 is 13.7. The molecule has 0 radical (unpaired) electrons. The lowest BCUT2D eigenvalue weighted by atomic mass is 10.3. The van der Waals surface area contributed by atoms with Gasteiger partial charge in [-0.05, 0) is 25.1 Å². The predicted molar refractivity (Wildman–Crippen MR) is 66.2 cm³/mol. The van der Waals surface area contributed by atoms with Gasteiger partial charge in [0, 0.05) is 5.69 Å². The van der Waals surface area contributed by atoms with E-state index in [0.29, 0.717) is 5.69 Å². The summed E-state index contributed by atoms with van der Waals surface area (Å²) >= 11 is 5.66. The number of rotatable bonds is 2. The minimum absolute atomic E-state index is 0.00756. The van der Waals surface area contributed by atoms with E-state index in [4.69, 9.17) is 16.9 Å². The molecule has 6 heteroatoms. The average molecular weight is 263 g/mol. The lowest BCUT2D eigenvalue weighted by Gasteiger charge is -2.07. The van der Waals surface area contributed by atoms with Crippen LogP contribution in [-0.4, -0.2) is 9.97 Å². The molecule has 0 atom stereocenters. The van der Waals surface area contributed by atoms with Crippen molar-refractivity contribution in [1.29, 1.82) is 5.26 Å². The number of aryl methyl sites for hydroxylation is 1. The van der Waals surface area contributed by atoms with Crippen LogP contribution in [0.5, 0.6) is 0 Å². The molecule has 1 aromatic carbocycles. The summed E-state index contributed by atoms with van der Waals surface area (Å²) in [7, 11) is 0. The molecule has 0 amide bonds. The third-order valence-electron chi connectivity index (χ3n) is 2.17. The monoisotopic (exact) mass is 262 g/mol. The zero-order valence-corrected chi connectivity index (χ0v) is 10.2. The molecule has 0 fully saturated rings. The van der Waals surface area contributed by atoms with Crippen LogP contribution in [-0.2, 0) is 0 Å². The van der Waals surface area contributed by atoms with Gasteiger partial charge in [0.2, 0.25) is 5.95 Å². The van der Waals surface area contributed by atoms with Gasteiger partial charge in [-0.3, -0.25) is 0 Å². The van der Waals surface area contributed by atoms with Gasteiger partial charge in [-0.2, -0.15) is 5.26 Å². The van der Waals surface area contributed by atoms with E-state index in [-0.39, 0.29) is 22.4 Å². The van der Waals surface area contributed by atoms with Gasteiger partial charge in [0.05, 0.1) is 10.7 Å². The van der Waals surface area contributed by atoms with Gasteiger partial charge >= 0.3 is 0 Å². The highest BCUT2D eigenvalue weighted by Crippen LogP contribution is 2.24. The number of aromatic nitrogens is 2. The second-order valence-electron chi connectivity index (χ2n) is 3.56. The fraction of sp³-hybridized carbons (Fsp3) is 0.0833. The lowest BCUT2D eigenvalue weighted by Crippen LogP contribution is -2.02. The molecule has 0 bridgehead atoms. The zero-order chi connectivity index (χ0) is 13.1. The molecule has 0 aliphatic heterocycles. The highest BCUT2D eigenvalue weighted by Gasteiger charge is 2.08. The van der Waals surface area contributed by atoms with Crippen LogP contribution in [0.1, 0.15) is 11.4 Å². The largest absolute Gasteiger partial charge is 0.322 e. The highest BCUT2D eigenvalue weighted by atomic mass is 35.5. The van der Waals surface area contributed by atoms with Crippen molar-refractivity contribution in [3.8, 4) is 6.07 Å². The van der Waals surface area contributed by atoms with Gasteiger partial charge in [0.25, 0.3) is 0 Å². The van der Waals surface area contributed by atoms with Crippen molar-refractivity contribution in [2.24, 2.45) is 0 Å². The summed E-state index contributed by atoms with van der Waals surface area (Å²) in [5, 5.41) is 11.5. The van der Waals surface area contributed by atoms with E-state index < -0.39 is 5.82 Å². The molecule has 2 rings (SSSR count). The van der Waals surface area contributed by atoms with E-state index in [1.54, 1.807) is 19.1 Å². The number of anilines is 2. The average Bonchev–Trinajstić information content (AvgIpc) is 2.34. The number of nitriles is 1. The summed E-state index contributed by atoms with van der Waals surface area (Å²) in [5.41, 5.74) is 0.996. The van der Waals surface area contributed by atoms with E-state index in [9.17, 15) is 4.39 Å². The van der Waals surface area contributed by atoms with Gasteiger partial charge in [-0.25, -0.2) is 14.4 Å². The summed E-state index contributed by atoms with van der Waals surface area (Å²) in [4.78, 5) is 7.99. The fourth-order valence-corrected chi connectivity index (χ4v) is 1.58. The smallest absolute Gasteiger partial charge is 0.228 e. The van der Waals surface area contributed by atoms with Crippen LogP contribution in [0.25, 0.3) is 0 Å². The Hall–Kier alpha value is -2.19. The lowest BCUT2D eigenvalue weighted by molar-refractivity contribution is 0.632. The fourth-order valence-electron chi connectivity index (χ4n) is 1.40. The maximum atomic E-state index is 13.7. The van der Waals surface area contributed by atoms with Gasteiger partial charge in [-0.15, -0.1) is 0 Å². The minimum atomic E-state index is -0.581. The third kappa shape index (κ3) is 2.55. The normalized spacial score (nSPS) is 9.89. The maximum absolute atomic E-state index is 13.7. The molecule has 0 saturated carbocycles. The van der Waals surface area contributed by atoms with Crippen molar-refractivity contribution in [2.45, 2.75) is 6.92 Å². The highest BCUT2D eigenvalue weighted by molar-refractivity contribution is 6.31. The maximum Gasteiger partial charge on any atom is 0.228 e. The first-order chi connectivity index (χ1) is 8.60. The molecule has 0 aliphatic rings. The van der Waals surface area contributed by atoms with Crippen LogP contribution in [0.4, 0.5) is 16.0 Å². The number of hydrogen-bond acceptors (Lipinski definition) is 4. The molecule has 0 unspecified atom stereocenters. The quantitative estimate of drug-likeness (QED) is 0.903. The molecular formula is C12H8ClFN4. The molecule has 0 aliphatic carbocycles. The van der Waals surface area contributed by atoms with Gasteiger partial charge in [0.15, 0.2) is 5.82 Å². The van der Waals surface area contributed by atoms with E-state index in [2.05, 4.69) is 15.3 Å². The van der Waals surface area contributed by atoms with Crippen molar-refractivity contribution in [3.05, 3.63) is 46.5 Å². The van der Waals surface area contributed by atoms with Crippen LogP contribution < -0.4 is 5.32 Å². The molecule has 0 saturated heterocycles. The molecule has 4 nitrogen and oxygen atoms in total. The number of nitrogens with zero attached hydrogens (tertiary/aromatic N) is 3. The van der Waals surface area contributed by atoms with E-state index in [1.165, 1.54) is 12.1 Å². The van der Waals surface area contributed by atoms with Crippen LogP contribution >= 0.6 is 11.6 Å². The van der Waals surface area contributed by atoms with Crippen LogP contribution in [0, 0.1) is 24.1 Å². The molecule has 0 spiro atoms. The molecular weight excluding hydrogens is 255 g/mol. The Kier molecular flexibility index (Phi) is 3.40. The Balaban J connectivity index is 2.37. The summed E-state index contributed by atoms with van der Waals surface area (Å²) in [6.45, 7) is 1.72. The van der Waals surface area contributed by atoms with Crippen molar-refractivity contribution in [1.82, 2.24) is 9.97 Å². The topological polar surface area (TPSA) is 61.6 Å². The first-order valence-corrected chi connectivity index (χ1v) is 5.45. The number of nitrogens with one attached hydrogen (secondary N) is 1. The Morgan fingerprint density at radius 2 is 2.17 bits per heavy atom. The van der Waals surface area contributed by atoms with E-state index in [1.807, 2.05) is 6.07 Å². The van der Waals surface area contributed by atoms with Gasteiger partial charge < -0.3 is 5.32 Å². The molecule has 1 N–H and O–H groups in total. The third-order valence-corrected chi connectivity index (χ3v) is 2.46. The van der Waals surface area contributed by atoms with Crippen molar-refractivity contribution in [3.63, 3.8) is 0 Å². The van der Waals surface area contributed by atoms with Crippen molar-refractivity contribution < 1.29 is 4.39 Å². The summed E-state index contributed by atoms with van der Waals surface area (Å²) in [6.07, 6.45) is 0. The predicted octanol–water partition coefficient (Wildman–Crippen LogP) is 3.19. The van der Waals surface area contributed by atoms with E-state index in [0.717, 1.165) is 0 Å². The summed E-state index contributed by atoms with van der Waals surface area (Å²) in [6, 6.07) is 8.01. The van der Waals surface area contributed by atoms with E-state index >= 15 is 0 Å². The second-order valence-corrected chi connectivity index (χ2v) is 3.96. The second kappa shape index (κ2) is 4.98. The molecule has 90 valence electrons. The number of halogens is 2. The SMILES string of the molecule is Cc1cc(C#N)nc(Nc2cccc(Cl)c2F)n1. The first kappa shape index (κ1) is 12.3. The molecule has 2 aromatic rings. The Bertz CT molecular complexity index is 636. The van der Waals surface area contributed by atoms with Crippen molar-refractivity contribution in [2.75, 3.05) is 5.32 Å². The van der Waals surface area contributed by atoms with Crippen LogP contribution in [0.15, 0.2) is 24.3 Å². The number of benzene rings is 1. The Labute approximate surface area is 108 Å². The van der Waals surface area contributed by atoms with Crippen LogP contribution in [0.2, 0.25) is 5.02 Å². The van der Waals surface area contributed by atoms with Gasteiger partial charge in [-0.1, -0.05) is 17.7 Å². The first-order valence-electron chi connectivity index (χ1n) is 5.07. The standard InChI is InChI=1S/C12H8ClFN4/c1-7-5-8(6-15)17-12(16-7)18-10-4-2-3-9(13)11(10)14/h2-5H,1H3,(H,16,17,18). The molecule has 1 aromatic heterocycles. The molecule has 18 heavy (non-hydrogen) atoms. The molecule has 1 heterocycles. The Morgan fingerprint density at radius 1 is 1.39 bits per heavy atom.